The smallest absolute Gasteiger partial charge is 0.303 e. The third kappa shape index (κ3) is 5.16. The van der Waals surface area contributed by atoms with Crippen LogP contribution < -0.4 is 10.6 Å². The van der Waals surface area contributed by atoms with Crippen LogP contribution in [0.5, 0.6) is 0 Å². The number of carboxylic acids is 1. The van der Waals surface area contributed by atoms with E-state index in [0.29, 0.717) is 34.9 Å². The highest BCUT2D eigenvalue weighted by atomic mass is 35.5. The Morgan fingerprint density at radius 2 is 1.89 bits per heavy atom. The molecular weight excluding hydrogens is 476 g/mol. The number of anilines is 2. The number of amides is 1. The minimum absolute atomic E-state index is 0.0307. The van der Waals surface area contributed by atoms with Gasteiger partial charge in [0.05, 0.1) is 23.3 Å². The lowest BCUT2D eigenvalue weighted by atomic mass is 9.97. The van der Waals surface area contributed by atoms with Gasteiger partial charge in [-0.3, -0.25) is 9.59 Å². The van der Waals surface area contributed by atoms with Crippen molar-refractivity contribution in [2.24, 2.45) is 0 Å². The highest BCUT2D eigenvalue weighted by molar-refractivity contribution is 6.38. The van der Waals surface area contributed by atoms with Crippen LogP contribution in [0.2, 0.25) is 5.02 Å². The SMILES string of the molecule is O=C(O)CCc1cccc(C(Nc2ccc(Cn3ccnc3)cc2)=C2C(=O)Nc3cc(Cl)ccc32)c1. The molecule has 7 nitrogen and oxygen atoms in total. The van der Waals surface area contributed by atoms with Gasteiger partial charge in [-0.2, -0.15) is 0 Å². The Morgan fingerprint density at radius 3 is 2.64 bits per heavy atom. The molecular formula is C28H23ClN4O3. The number of carbonyl (C=O) groups is 2. The molecule has 0 atom stereocenters. The van der Waals surface area contributed by atoms with E-state index >= 15 is 0 Å². The number of benzene rings is 3. The molecule has 0 saturated heterocycles. The van der Waals surface area contributed by atoms with Crippen LogP contribution in [0.3, 0.4) is 0 Å². The van der Waals surface area contributed by atoms with Crippen molar-refractivity contribution in [3.8, 4) is 0 Å². The molecule has 36 heavy (non-hydrogen) atoms. The molecule has 1 amide bonds. The van der Waals surface area contributed by atoms with Crippen LogP contribution in [0.4, 0.5) is 11.4 Å². The fourth-order valence-corrected chi connectivity index (χ4v) is 4.41. The Bertz CT molecular complexity index is 1460. The number of rotatable bonds is 8. The van der Waals surface area contributed by atoms with Crippen molar-refractivity contribution in [2.45, 2.75) is 19.4 Å². The predicted octanol–water partition coefficient (Wildman–Crippen LogP) is 5.53. The summed E-state index contributed by atoms with van der Waals surface area (Å²) >= 11 is 6.16. The van der Waals surface area contributed by atoms with E-state index in [9.17, 15) is 9.59 Å². The van der Waals surface area contributed by atoms with Crippen molar-refractivity contribution in [3.63, 3.8) is 0 Å². The van der Waals surface area contributed by atoms with E-state index in [1.807, 2.05) is 65.4 Å². The number of aryl methyl sites for hydroxylation is 1. The monoisotopic (exact) mass is 498 g/mol. The largest absolute Gasteiger partial charge is 0.481 e. The van der Waals surface area contributed by atoms with Gasteiger partial charge in [0.15, 0.2) is 0 Å². The summed E-state index contributed by atoms with van der Waals surface area (Å²) < 4.78 is 1.99. The quantitative estimate of drug-likeness (QED) is 0.277. The molecule has 180 valence electrons. The van der Waals surface area contributed by atoms with Crippen molar-refractivity contribution in [1.29, 1.82) is 0 Å². The number of aromatic nitrogens is 2. The van der Waals surface area contributed by atoms with Crippen LogP contribution in [0.15, 0.2) is 85.5 Å². The molecule has 0 saturated carbocycles. The van der Waals surface area contributed by atoms with Crippen molar-refractivity contribution >= 4 is 46.1 Å². The van der Waals surface area contributed by atoms with E-state index in [4.69, 9.17) is 16.7 Å². The topological polar surface area (TPSA) is 96.2 Å². The van der Waals surface area contributed by atoms with Gasteiger partial charge >= 0.3 is 5.97 Å². The molecule has 0 radical (unpaired) electrons. The van der Waals surface area contributed by atoms with Gasteiger partial charge in [-0.25, -0.2) is 4.98 Å². The first-order chi connectivity index (χ1) is 17.5. The third-order valence-electron chi connectivity index (χ3n) is 5.97. The second-order valence-corrected chi connectivity index (χ2v) is 8.98. The Morgan fingerprint density at radius 1 is 1.06 bits per heavy atom. The van der Waals surface area contributed by atoms with E-state index in [1.54, 1.807) is 24.7 Å². The zero-order chi connectivity index (χ0) is 25.1. The summed E-state index contributed by atoms with van der Waals surface area (Å²) in [5, 5.41) is 16.0. The molecule has 1 aromatic heterocycles. The summed E-state index contributed by atoms with van der Waals surface area (Å²) in [5.74, 6) is -1.09. The van der Waals surface area contributed by atoms with Gasteiger partial charge in [0.1, 0.15) is 0 Å². The fourth-order valence-electron chi connectivity index (χ4n) is 4.23. The Labute approximate surface area is 213 Å². The highest BCUT2D eigenvalue weighted by Gasteiger charge is 2.28. The third-order valence-corrected chi connectivity index (χ3v) is 6.20. The van der Waals surface area contributed by atoms with E-state index in [2.05, 4.69) is 15.6 Å². The van der Waals surface area contributed by atoms with E-state index in [0.717, 1.165) is 27.9 Å². The molecule has 4 aromatic rings. The van der Waals surface area contributed by atoms with Crippen molar-refractivity contribution in [1.82, 2.24) is 9.55 Å². The first kappa shape index (κ1) is 23.4. The second-order valence-electron chi connectivity index (χ2n) is 8.55. The van der Waals surface area contributed by atoms with Crippen molar-refractivity contribution < 1.29 is 14.7 Å². The van der Waals surface area contributed by atoms with Gasteiger partial charge in [0, 0.05) is 41.6 Å². The minimum atomic E-state index is -0.853. The Hall–Kier alpha value is -4.36. The van der Waals surface area contributed by atoms with Crippen molar-refractivity contribution in [2.75, 3.05) is 10.6 Å². The van der Waals surface area contributed by atoms with Gasteiger partial charge in [-0.05, 0) is 53.4 Å². The fraction of sp³-hybridized carbons (Fsp3) is 0.107. The lowest BCUT2D eigenvalue weighted by molar-refractivity contribution is -0.137. The number of nitrogens with zero attached hydrogens (tertiary/aromatic N) is 2. The van der Waals surface area contributed by atoms with Crippen LogP contribution in [0, 0.1) is 0 Å². The molecule has 3 N–H and O–H groups in total. The average Bonchev–Trinajstić information content (AvgIpc) is 3.49. The van der Waals surface area contributed by atoms with Gasteiger partial charge in [-0.1, -0.05) is 48.0 Å². The van der Waals surface area contributed by atoms with Crippen molar-refractivity contribution in [3.05, 3.63) is 113 Å². The molecule has 1 aliphatic rings. The van der Waals surface area contributed by atoms with E-state index < -0.39 is 5.97 Å². The summed E-state index contributed by atoms with van der Waals surface area (Å²) in [6.45, 7) is 0.705. The summed E-state index contributed by atoms with van der Waals surface area (Å²) in [4.78, 5) is 28.3. The predicted molar refractivity (Wildman–Crippen MR) is 141 cm³/mol. The number of nitrogens with one attached hydrogen (secondary N) is 2. The summed E-state index contributed by atoms with van der Waals surface area (Å²) in [5.41, 5.74) is 6.13. The number of carbonyl (C=O) groups excluding carboxylic acids is 1. The van der Waals surface area contributed by atoms with Gasteiger partial charge < -0.3 is 20.3 Å². The maximum absolute atomic E-state index is 13.1. The summed E-state index contributed by atoms with van der Waals surface area (Å²) in [7, 11) is 0. The van der Waals surface area contributed by atoms with Crippen LogP contribution in [0.1, 0.15) is 28.7 Å². The van der Waals surface area contributed by atoms with E-state index in [1.165, 1.54) is 0 Å². The van der Waals surface area contributed by atoms with Crippen LogP contribution in [-0.4, -0.2) is 26.5 Å². The first-order valence-electron chi connectivity index (χ1n) is 11.4. The normalized spacial score (nSPS) is 13.8. The summed E-state index contributed by atoms with van der Waals surface area (Å²) in [6.07, 6.45) is 5.86. The lowest BCUT2D eigenvalue weighted by Gasteiger charge is -2.16. The number of hydrogen-bond acceptors (Lipinski definition) is 4. The molecule has 0 bridgehead atoms. The Balaban J connectivity index is 1.54. The maximum atomic E-state index is 13.1. The second kappa shape index (κ2) is 10.1. The number of aliphatic carboxylic acids is 1. The lowest BCUT2D eigenvalue weighted by Crippen LogP contribution is -2.10. The van der Waals surface area contributed by atoms with Gasteiger partial charge in [0.2, 0.25) is 0 Å². The standard InChI is InChI=1S/C28H23ClN4O3/c29-21-7-10-23-24(15-21)32-28(36)26(23)27(20-3-1-2-18(14-20)6-11-25(34)35)31-22-8-4-19(5-9-22)16-33-13-12-30-17-33/h1-5,7-10,12-15,17,31H,6,11,16H2,(H,32,36)(H,34,35). The molecule has 5 rings (SSSR count). The maximum Gasteiger partial charge on any atom is 0.303 e. The minimum Gasteiger partial charge on any atom is -0.481 e. The molecule has 3 aromatic carbocycles. The molecule has 0 spiro atoms. The Kier molecular flexibility index (Phi) is 6.56. The summed E-state index contributed by atoms with van der Waals surface area (Å²) in [6, 6.07) is 20.9. The molecule has 2 heterocycles. The molecule has 1 aliphatic heterocycles. The number of imidazole rings is 1. The van der Waals surface area contributed by atoms with E-state index in [-0.39, 0.29) is 12.3 Å². The van der Waals surface area contributed by atoms with Crippen LogP contribution in [0.25, 0.3) is 11.3 Å². The van der Waals surface area contributed by atoms with Gasteiger partial charge in [-0.15, -0.1) is 0 Å². The first-order valence-corrected chi connectivity index (χ1v) is 11.8. The number of halogens is 1. The zero-order valence-electron chi connectivity index (χ0n) is 19.2. The molecule has 0 aliphatic carbocycles. The number of carboxylic acid groups (broad SMARTS) is 1. The number of hydrogen-bond donors (Lipinski definition) is 3. The highest BCUT2D eigenvalue weighted by Crippen LogP contribution is 2.39. The van der Waals surface area contributed by atoms with Crippen LogP contribution >= 0.6 is 11.6 Å². The van der Waals surface area contributed by atoms with Gasteiger partial charge in [0.25, 0.3) is 5.91 Å². The molecule has 0 unspecified atom stereocenters. The average molecular weight is 499 g/mol. The molecule has 0 fully saturated rings. The van der Waals surface area contributed by atoms with Crippen LogP contribution in [-0.2, 0) is 22.6 Å². The zero-order valence-corrected chi connectivity index (χ0v) is 20.0. The molecule has 8 heteroatoms. The number of fused-ring (bicyclic) bond motifs is 1.